The molecule has 1 aromatic heterocycles. The maximum absolute atomic E-state index is 13.0. The van der Waals surface area contributed by atoms with Crippen LogP contribution in [0.3, 0.4) is 0 Å². The molecule has 1 aromatic carbocycles. The topological polar surface area (TPSA) is 58.4 Å². The van der Waals surface area contributed by atoms with Gasteiger partial charge in [-0.2, -0.15) is 0 Å². The van der Waals surface area contributed by atoms with Gasteiger partial charge in [0.15, 0.2) is 5.69 Å². The van der Waals surface area contributed by atoms with Crippen LogP contribution in [0, 0.1) is 5.92 Å². The number of amides is 1. The number of benzene rings is 1. The Balaban J connectivity index is 1.54. The predicted octanol–water partition coefficient (Wildman–Crippen LogP) is 5.45. The monoisotopic (exact) mass is 409 g/mol. The van der Waals surface area contributed by atoms with Gasteiger partial charge in [0.2, 0.25) is 0 Å². The van der Waals surface area contributed by atoms with E-state index in [1.54, 1.807) is 0 Å². The molecule has 2 saturated carbocycles. The Bertz CT molecular complexity index is 832. The van der Waals surface area contributed by atoms with Crippen molar-refractivity contribution in [1.29, 1.82) is 0 Å². The smallest absolute Gasteiger partial charge is 0.273 e. The van der Waals surface area contributed by atoms with Crippen molar-refractivity contribution in [1.82, 2.24) is 15.4 Å². The normalized spacial score (nSPS) is 18.5. The fourth-order valence-corrected chi connectivity index (χ4v) is 4.70. The predicted molar refractivity (Wildman–Crippen MR) is 118 cm³/mol. The van der Waals surface area contributed by atoms with Crippen molar-refractivity contribution < 1.29 is 9.32 Å². The van der Waals surface area contributed by atoms with E-state index >= 15 is 0 Å². The minimum Gasteiger partial charge on any atom is -0.360 e. The Morgan fingerprint density at radius 2 is 1.90 bits per heavy atom. The molecule has 4 rings (SSSR count). The van der Waals surface area contributed by atoms with Crippen molar-refractivity contribution in [3.8, 4) is 0 Å². The molecular formula is C25H35N3O2. The molecule has 1 heterocycles. The van der Waals surface area contributed by atoms with Gasteiger partial charge in [-0.05, 0) is 55.8 Å². The lowest BCUT2D eigenvalue weighted by molar-refractivity contribution is 0.0903. The molecule has 0 radical (unpaired) electrons. The van der Waals surface area contributed by atoms with Gasteiger partial charge in [0.05, 0.1) is 6.04 Å². The second-order valence-corrected chi connectivity index (χ2v) is 8.94. The summed E-state index contributed by atoms with van der Waals surface area (Å²) >= 11 is 0. The molecule has 1 atom stereocenters. The van der Waals surface area contributed by atoms with Crippen molar-refractivity contribution in [2.24, 2.45) is 5.92 Å². The SMILES string of the molecule is CCN(CC)Cc1cccc(C(NC(=O)c2cc(C3CC3)on2)C2CCCCC2)c1. The number of hydrogen-bond acceptors (Lipinski definition) is 4. The average molecular weight is 410 g/mol. The van der Waals surface area contributed by atoms with E-state index in [0.717, 1.165) is 51.1 Å². The molecule has 30 heavy (non-hydrogen) atoms. The molecule has 1 unspecified atom stereocenters. The van der Waals surface area contributed by atoms with Crippen molar-refractivity contribution in [2.45, 2.75) is 77.3 Å². The third-order valence-electron chi connectivity index (χ3n) is 6.76. The van der Waals surface area contributed by atoms with E-state index in [-0.39, 0.29) is 11.9 Å². The molecule has 1 amide bonds. The van der Waals surface area contributed by atoms with Gasteiger partial charge in [-0.15, -0.1) is 0 Å². The van der Waals surface area contributed by atoms with Crippen LogP contribution in [0.15, 0.2) is 34.9 Å². The zero-order valence-electron chi connectivity index (χ0n) is 18.4. The van der Waals surface area contributed by atoms with Crippen molar-refractivity contribution >= 4 is 5.91 Å². The summed E-state index contributed by atoms with van der Waals surface area (Å²) in [7, 11) is 0. The van der Waals surface area contributed by atoms with Crippen LogP contribution in [0.2, 0.25) is 0 Å². The van der Waals surface area contributed by atoms with Gasteiger partial charge in [0.1, 0.15) is 5.76 Å². The molecular weight excluding hydrogens is 374 g/mol. The molecule has 2 aromatic rings. The van der Waals surface area contributed by atoms with Crippen LogP contribution in [-0.2, 0) is 6.54 Å². The molecule has 2 aliphatic carbocycles. The highest BCUT2D eigenvalue weighted by Gasteiger charge is 2.31. The van der Waals surface area contributed by atoms with Crippen molar-refractivity contribution in [3.05, 3.63) is 52.9 Å². The first-order valence-electron chi connectivity index (χ1n) is 11.8. The van der Waals surface area contributed by atoms with Gasteiger partial charge in [-0.3, -0.25) is 9.69 Å². The third-order valence-corrected chi connectivity index (χ3v) is 6.76. The summed E-state index contributed by atoms with van der Waals surface area (Å²) in [6.45, 7) is 7.43. The zero-order chi connectivity index (χ0) is 20.9. The van der Waals surface area contributed by atoms with E-state index in [1.807, 2.05) is 6.07 Å². The highest BCUT2D eigenvalue weighted by molar-refractivity contribution is 5.92. The summed E-state index contributed by atoms with van der Waals surface area (Å²) in [6, 6.07) is 10.6. The summed E-state index contributed by atoms with van der Waals surface area (Å²) < 4.78 is 5.41. The number of hydrogen-bond donors (Lipinski definition) is 1. The van der Waals surface area contributed by atoms with Crippen LogP contribution in [0.1, 0.15) is 98.1 Å². The van der Waals surface area contributed by atoms with Gasteiger partial charge in [-0.25, -0.2) is 0 Å². The molecule has 0 aliphatic heterocycles. The number of carbonyl (C=O) groups excluding carboxylic acids is 1. The maximum atomic E-state index is 13.0. The van der Waals surface area contributed by atoms with Gasteiger partial charge in [0.25, 0.3) is 5.91 Å². The van der Waals surface area contributed by atoms with E-state index < -0.39 is 0 Å². The largest absolute Gasteiger partial charge is 0.360 e. The molecule has 0 spiro atoms. The van der Waals surface area contributed by atoms with E-state index in [1.165, 1.54) is 30.4 Å². The molecule has 5 nitrogen and oxygen atoms in total. The number of nitrogens with zero attached hydrogens (tertiary/aromatic N) is 2. The van der Waals surface area contributed by atoms with Crippen LogP contribution < -0.4 is 5.32 Å². The zero-order valence-corrected chi connectivity index (χ0v) is 18.4. The molecule has 2 aliphatic rings. The van der Waals surface area contributed by atoms with Crippen molar-refractivity contribution in [2.75, 3.05) is 13.1 Å². The van der Waals surface area contributed by atoms with Crippen LogP contribution in [0.25, 0.3) is 0 Å². The Labute approximate surface area is 180 Å². The van der Waals surface area contributed by atoms with E-state index in [9.17, 15) is 4.79 Å². The lowest BCUT2D eigenvalue weighted by atomic mass is 9.80. The van der Waals surface area contributed by atoms with E-state index in [0.29, 0.717) is 17.5 Å². The summed E-state index contributed by atoms with van der Waals surface area (Å²) in [5.74, 6) is 1.68. The van der Waals surface area contributed by atoms with Gasteiger partial charge in [-0.1, -0.05) is 62.5 Å². The van der Waals surface area contributed by atoms with Crippen molar-refractivity contribution in [3.63, 3.8) is 0 Å². The fraction of sp³-hybridized carbons (Fsp3) is 0.600. The van der Waals surface area contributed by atoms with Crippen LogP contribution in [0.4, 0.5) is 0 Å². The molecule has 2 fully saturated rings. The van der Waals surface area contributed by atoms with Gasteiger partial charge >= 0.3 is 0 Å². The average Bonchev–Trinajstić information content (AvgIpc) is 3.52. The third kappa shape index (κ3) is 5.12. The Hall–Kier alpha value is -2.14. The summed E-state index contributed by atoms with van der Waals surface area (Å²) in [4.78, 5) is 15.5. The second-order valence-electron chi connectivity index (χ2n) is 8.94. The van der Waals surface area contributed by atoms with Gasteiger partial charge < -0.3 is 9.84 Å². The second kappa shape index (κ2) is 9.78. The lowest BCUT2D eigenvalue weighted by Gasteiger charge is -2.31. The Kier molecular flexibility index (Phi) is 6.88. The highest BCUT2D eigenvalue weighted by atomic mass is 16.5. The standard InChI is InChI=1S/C25H35N3O2/c1-3-28(4-2)17-18-9-8-12-21(15-18)24(20-10-6-5-7-11-20)26-25(29)22-16-23(30-27-22)19-13-14-19/h8-9,12,15-16,19-20,24H,3-7,10-11,13-14,17H2,1-2H3,(H,26,29). The summed E-state index contributed by atoms with van der Waals surface area (Å²) in [5, 5.41) is 7.38. The first-order valence-corrected chi connectivity index (χ1v) is 11.8. The number of rotatable bonds is 9. The molecule has 5 heteroatoms. The van der Waals surface area contributed by atoms with Crippen LogP contribution >= 0.6 is 0 Å². The summed E-state index contributed by atoms with van der Waals surface area (Å²) in [6.07, 6.45) is 8.39. The highest BCUT2D eigenvalue weighted by Crippen LogP contribution is 2.40. The van der Waals surface area contributed by atoms with E-state index in [4.69, 9.17) is 4.52 Å². The van der Waals surface area contributed by atoms with Gasteiger partial charge in [0, 0.05) is 18.5 Å². The minimum absolute atomic E-state index is 0.0236. The first kappa shape index (κ1) is 21.1. The molecule has 162 valence electrons. The number of carbonyl (C=O) groups is 1. The minimum atomic E-state index is -0.115. The first-order chi connectivity index (χ1) is 14.7. The van der Waals surface area contributed by atoms with Crippen LogP contribution in [0.5, 0.6) is 0 Å². The fourth-order valence-electron chi connectivity index (χ4n) is 4.70. The number of aromatic nitrogens is 1. The molecule has 0 saturated heterocycles. The molecule has 1 N–H and O–H groups in total. The number of nitrogens with one attached hydrogen (secondary N) is 1. The van der Waals surface area contributed by atoms with Crippen LogP contribution in [-0.4, -0.2) is 29.1 Å². The summed E-state index contributed by atoms with van der Waals surface area (Å²) in [5.41, 5.74) is 2.94. The lowest BCUT2D eigenvalue weighted by Crippen LogP contribution is -2.34. The Morgan fingerprint density at radius 3 is 2.60 bits per heavy atom. The Morgan fingerprint density at radius 1 is 1.13 bits per heavy atom. The maximum Gasteiger partial charge on any atom is 0.273 e. The van der Waals surface area contributed by atoms with E-state index in [2.05, 4.69) is 53.5 Å². The quantitative estimate of drug-likeness (QED) is 0.599. The molecule has 0 bridgehead atoms.